The first-order valence-corrected chi connectivity index (χ1v) is 7.25. The molecular weight excluding hydrogens is 248 g/mol. The van der Waals surface area contributed by atoms with Crippen molar-refractivity contribution in [1.82, 2.24) is 9.80 Å². The van der Waals surface area contributed by atoms with Crippen molar-refractivity contribution in [2.24, 2.45) is 0 Å². The van der Waals surface area contributed by atoms with Crippen LogP contribution in [-0.2, 0) is 11.3 Å². The van der Waals surface area contributed by atoms with Crippen LogP contribution in [0, 0.1) is 0 Å². The van der Waals surface area contributed by atoms with Crippen molar-refractivity contribution >= 4 is 17.2 Å². The number of β-amino-alcohol motifs (C(OH)–C–C–N with tert-alkyl or cyclic N) is 1. The fourth-order valence-electron chi connectivity index (χ4n) is 2.23. The largest absolute Gasteiger partial charge is 0.392 e. The van der Waals surface area contributed by atoms with Gasteiger partial charge >= 0.3 is 0 Å². The molecule has 2 heterocycles. The second-order valence-electron chi connectivity index (χ2n) is 4.91. The van der Waals surface area contributed by atoms with Gasteiger partial charge in [-0.25, -0.2) is 0 Å². The highest BCUT2D eigenvalue weighted by Crippen LogP contribution is 2.11. The summed E-state index contributed by atoms with van der Waals surface area (Å²) in [7, 11) is 1.83. The van der Waals surface area contributed by atoms with Crippen molar-refractivity contribution in [3.8, 4) is 0 Å². The van der Waals surface area contributed by atoms with Gasteiger partial charge in [-0.15, -0.1) is 0 Å². The highest BCUT2D eigenvalue weighted by atomic mass is 32.1. The number of aliphatic hydroxyl groups is 1. The number of hydrogen-bond donors (Lipinski definition) is 1. The summed E-state index contributed by atoms with van der Waals surface area (Å²) in [5.41, 5.74) is 1.18. The quantitative estimate of drug-likeness (QED) is 0.891. The highest BCUT2D eigenvalue weighted by Gasteiger charge is 2.21. The number of thiophene rings is 1. The Morgan fingerprint density at radius 1 is 1.67 bits per heavy atom. The number of amides is 1. The minimum atomic E-state index is -0.270. The summed E-state index contributed by atoms with van der Waals surface area (Å²) >= 11 is 1.65. The van der Waals surface area contributed by atoms with Gasteiger partial charge in [0.25, 0.3) is 0 Å². The van der Waals surface area contributed by atoms with E-state index in [4.69, 9.17) is 0 Å². The van der Waals surface area contributed by atoms with Gasteiger partial charge < -0.3 is 10.0 Å². The number of likely N-dealkylation sites (N-methyl/N-ethyl adjacent to an activating group) is 1. The minimum absolute atomic E-state index is 0.121. The predicted molar refractivity (Wildman–Crippen MR) is 72.5 cm³/mol. The first kappa shape index (κ1) is 13.5. The van der Waals surface area contributed by atoms with E-state index >= 15 is 0 Å². The molecule has 0 aliphatic carbocycles. The van der Waals surface area contributed by atoms with Crippen LogP contribution in [0.2, 0.25) is 0 Å². The number of nitrogens with zero attached hydrogens (tertiary/aromatic N) is 2. The van der Waals surface area contributed by atoms with Gasteiger partial charge in [0.05, 0.1) is 12.6 Å². The zero-order chi connectivity index (χ0) is 13.0. The Morgan fingerprint density at radius 2 is 2.50 bits per heavy atom. The maximum atomic E-state index is 12.1. The van der Waals surface area contributed by atoms with Crippen molar-refractivity contribution in [2.45, 2.75) is 25.5 Å². The second kappa shape index (κ2) is 6.31. The molecule has 1 aromatic rings. The number of carbonyl (C=O) groups excluding carboxylic acids is 1. The number of rotatable bonds is 4. The SMILES string of the molecule is CN(Cc1ccsc1)C(=O)CN1CCCC(O)C1. The summed E-state index contributed by atoms with van der Waals surface area (Å²) in [6.07, 6.45) is 1.56. The molecule has 0 aromatic carbocycles. The third kappa shape index (κ3) is 3.80. The average molecular weight is 268 g/mol. The fraction of sp³-hybridized carbons (Fsp3) is 0.615. The standard InChI is InChI=1S/C13H20N2O2S/c1-14(7-11-4-6-18-10-11)13(17)9-15-5-2-3-12(16)8-15/h4,6,10,12,16H,2-3,5,7-9H2,1H3. The van der Waals surface area contributed by atoms with Gasteiger partial charge in [0.2, 0.25) is 5.91 Å². The van der Waals surface area contributed by atoms with Crippen LogP contribution in [0.4, 0.5) is 0 Å². The molecule has 100 valence electrons. The molecule has 1 aromatic heterocycles. The van der Waals surface area contributed by atoms with Crippen molar-refractivity contribution in [3.05, 3.63) is 22.4 Å². The van der Waals surface area contributed by atoms with Gasteiger partial charge in [0.1, 0.15) is 0 Å². The third-order valence-corrected chi connectivity index (χ3v) is 4.00. The normalized spacial score (nSPS) is 20.9. The van der Waals surface area contributed by atoms with E-state index in [0.29, 0.717) is 19.6 Å². The molecular formula is C13H20N2O2S. The van der Waals surface area contributed by atoms with Gasteiger partial charge in [0.15, 0.2) is 0 Å². The molecule has 0 bridgehead atoms. The van der Waals surface area contributed by atoms with E-state index in [1.54, 1.807) is 16.2 Å². The first-order valence-electron chi connectivity index (χ1n) is 6.30. The molecule has 1 unspecified atom stereocenters. The van der Waals surface area contributed by atoms with Crippen molar-refractivity contribution in [3.63, 3.8) is 0 Å². The molecule has 5 heteroatoms. The van der Waals surface area contributed by atoms with Gasteiger partial charge in [-0.2, -0.15) is 11.3 Å². The molecule has 1 amide bonds. The number of aliphatic hydroxyl groups excluding tert-OH is 1. The zero-order valence-corrected chi connectivity index (χ0v) is 11.5. The van der Waals surface area contributed by atoms with Gasteiger partial charge in [0, 0.05) is 20.1 Å². The maximum absolute atomic E-state index is 12.1. The Balaban J connectivity index is 1.79. The lowest BCUT2D eigenvalue weighted by atomic mass is 10.1. The van der Waals surface area contributed by atoms with Crippen molar-refractivity contribution in [1.29, 1.82) is 0 Å². The third-order valence-electron chi connectivity index (χ3n) is 3.27. The monoisotopic (exact) mass is 268 g/mol. The van der Waals surface area contributed by atoms with E-state index in [2.05, 4.69) is 5.38 Å². The predicted octanol–water partition coefficient (Wildman–Crippen LogP) is 1.16. The van der Waals surface area contributed by atoms with Crippen LogP contribution in [-0.4, -0.2) is 53.6 Å². The Hall–Kier alpha value is -0.910. The number of carbonyl (C=O) groups is 1. The summed E-state index contributed by atoms with van der Waals surface area (Å²) in [4.78, 5) is 15.8. The summed E-state index contributed by atoms with van der Waals surface area (Å²) < 4.78 is 0. The van der Waals surface area contributed by atoms with E-state index in [1.165, 1.54) is 5.56 Å². The van der Waals surface area contributed by atoms with Crippen molar-refractivity contribution in [2.75, 3.05) is 26.7 Å². The van der Waals surface area contributed by atoms with Crippen LogP contribution in [0.15, 0.2) is 16.8 Å². The minimum Gasteiger partial charge on any atom is -0.392 e. The Labute approximate surface area is 112 Å². The van der Waals surface area contributed by atoms with Crippen LogP contribution in [0.5, 0.6) is 0 Å². The van der Waals surface area contributed by atoms with Gasteiger partial charge in [-0.1, -0.05) is 0 Å². The summed E-state index contributed by atoms with van der Waals surface area (Å²) in [5.74, 6) is 0.121. The van der Waals surface area contributed by atoms with Gasteiger partial charge in [-0.3, -0.25) is 9.69 Å². The molecule has 1 saturated heterocycles. The van der Waals surface area contributed by atoms with Crippen LogP contribution in [0.25, 0.3) is 0 Å². The lowest BCUT2D eigenvalue weighted by Crippen LogP contribution is -2.44. The summed E-state index contributed by atoms with van der Waals surface area (Å²) in [5, 5.41) is 13.7. The van der Waals surface area contributed by atoms with E-state index in [-0.39, 0.29) is 12.0 Å². The maximum Gasteiger partial charge on any atom is 0.236 e. The number of hydrogen-bond acceptors (Lipinski definition) is 4. The lowest BCUT2D eigenvalue weighted by molar-refractivity contribution is -0.132. The first-order chi connectivity index (χ1) is 8.65. The topological polar surface area (TPSA) is 43.8 Å². The molecule has 0 spiro atoms. The molecule has 1 N–H and O–H groups in total. The second-order valence-corrected chi connectivity index (χ2v) is 5.69. The number of likely N-dealkylation sites (tertiary alicyclic amines) is 1. The highest BCUT2D eigenvalue weighted by molar-refractivity contribution is 7.07. The molecule has 0 radical (unpaired) electrons. The van der Waals surface area contributed by atoms with E-state index in [0.717, 1.165) is 19.4 Å². The molecule has 1 aliphatic heterocycles. The van der Waals surface area contributed by atoms with Crippen LogP contribution in [0.1, 0.15) is 18.4 Å². The van der Waals surface area contributed by atoms with E-state index in [9.17, 15) is 9.90 Å². The summed E-state index contributed by atoms with van der Waals surface area (Å²) in [6, 6.07) is 2.04. The number of piperidine rings is 1. The van der Waals surface area contributed by atoms with Crippen molar-refractivity contribution < 1.29 is 9.90 Å². The smallest absolute Gasteiger partial charge is 0.236 e. The lowest BCUT2D eigenvalue weighted by Gasteiger charge is -2.30. The molecule has 1 fully saturated rings. The molecule has 18 heavy (non-hydrogen) atoms. The molecule has 0 saturated carbocycles. The fourth-order valence-corrected chi connectivity index (χ4v) is 2.89. The van der Waals surface area contributed by atoms with E-state index < -0.39 is 0 Å². The molecule has 2 rings (SSSR count). The Bertz CT molecular complexity index is 380. The Kier molecular flexibility index (Phi) is 4.74. The zero-order valence-electron chi connectivity index (χ0n) is 10.7. The summed E-state index contributed by atoms with van der Waals surface area (Å²) in [6.45, 7) is 2.61. The average Bonchev–Trinajstić information content (AvgIpc) is 2.81. The van der Waals surface area contributed by atoms with Crippen LogP contribution >= 0.6 is 11.3 Å². The van der Waals surface area contributed by atoms with E-state index in [1.807, 2.05) is 23.4 Å². The Morgan fingerprint density at radius 3 is 3.17 bits per heavy atom. The molecule has 1 aliphatic rings. The molecule has 1 atom stereocenters. The van der Waals surface area contributed by atoms with Crippen LogP contribution < -0.4 is 0 Å². The molecule has 4 nitrogen and oxygen atoms in total. The van der Waals surface area contributed by atoms with Gasteiger partial charge in [-0.05, 0) is 41.8 Å². The van der Waals surface area contributed by atoms with Crippen LogP contribution in [0.3, 0.4) is 0 Å².